The lowest BCUT2D eigenvalue weighted by Gasteiger charge is -2.07. The normalized spacial score (nSPS) is 10.8. The lowest BCUT2D eigenvalue weighted by Crippen LogP contribution is -1.90. The molecule has 5 heteroatoms. The first kappa shape index (κ1) is 14.2. The van der Waals surface area contributed by atoms with Gasteiger partial charge in [0.2, 0.25) is 5.88 Å². The number of nitrogens with zero attached hydrogens (tertiary/aromatic N) is 1. The summed E-state index contributed by atoms with van der Waals surface area (Å²) in [7, 11) is 0. The Bertz CT molecular complexity index is 814. The Balaban J connectivity index is 2.24. The molecular formula is C16H12BrClN2O. The van der Waals surface area contributed by atoms with E-state index in [0.29, 0.717) is 10.7 Å². The van der Waals surface area contributed by atoms with E-state index in [1.807, 2.05) is 49.4 Å². The zero-order chi connectivity index (χ0) is 15.0. The van der Waals surface area contributed by atoms with E-state index in [1.165, 1.54) is 0 Å². The first-order valence-corrected chi connectivity index (χ1v) is 7.51. The van der Waals surface area contributed by atoms with Crippen LogP contribution in [-0.2, 0) is 0 Å². The number of nitrogens with two attached hydrogens (primary N) is 1. The molecule has 1 heterocycles. The second-order valence-corrected chi connectivity index (χ2v) is 5.98. The fourth-order valence-electron chi connectivity index (χ4n) is 2.27. The molecule has 0 aliphatic rings. The van der Waals surface area contributed by atoms with Gasteiger partial charge in [0.25, 0.3) is 0 Å². The summed E-state index contributed by atoms with van der Waals surface area (Å²) >= 11 is 9.60. The quantitative estimate of drug-likeness (QED) is 0.671. The van der Waals surface area contributed by atoms with Crippen LogP contribution < -0.4 is 5.73 Å². The van der Waals surface area contributed by atoms with Gasteiger partial charge >= 0.3 is 0 Å². The van der Waals surface area contributed by atoms with E-state index < -0.39 is 0 Å². The molecule has 2 aromatic carbocycles. The Labute approximate surface area is 135 Å². The molecule has 1 aromatic heterocycles. The number of hydrogen-bond acceptors (Lipinski definition) is 3. The average Bonchev–Trinajstić information content (AvgIpc) is 2.83. The van der Waals surface area contributed by atoms with Crippen LogP contribution in [-0.4, -0.2) is 5.16 Å². The van der Waals surface area contributed by atoms with E-state index >= 15 is 0 Å². The summed E-state index contributed by atoms with van der Waals surface area (Å²) in [5.41, 5.74) is 10.4. The smallest absolute Gasteiger partial charge is 0.230 e. The molecule has 0 fully saturated rings. The molecule has 106 valence electrons. The Morgan fingerprint density at radius 1 is 1.19 bits per heavy atom. The minimum Gasteiger partial charge on any atom is -0.367 e. The number of aromatic nitrogens is 1. The molecule has 3 aromatic rings. The lowest BCUT2D eigenvalue weighted by molar-refractivity contribution is 0.439. The molecule has 0 aliphatic carbocycles. The first-order valence-electron chi connectivity index (χ1n) is 6.34. The monoisotopic (exact) mass is 362 g/mol. The Morgan fingerprint density at radius 3 is 2.71 bits per heavy atom. The van der Waals surface area contributed by atoms with Crippen molar-refractivity contribution < 1.29 is 4.52 Å². The van der Waals surface area contributed by atoms with Crippen LogP contribution in [0.3, 0.4) is 0 Å². The van der Waals surface area contributed by atoms with Gasteiger partial charge in [0.1, 0.15) is 5.69 Å². The van der Waals surface area contributed by atoms with Crippen LogP contribution in [0.4, 0.5) is 5.88 Å². The van der Waals surface area contributed by atoms with Gasteiger partial charge in [-0.05, 0) is 36.2 Å². The molecule has 0 bridgehead atoms. The van der Waals surface area contributed by atoms with Crippen LogP contribution in [0.15, 0.2) is 51.5 Å². The number of rotatable bonds is 2. The fraction of sp³-hybridized carbons (Fsp3) is 0.0625. The molecule has 3 rings (SSSR count). The molecule has 0 radical (unpaired) electrons. The van der Waals surface area contributed by atoms with Crippen LogP contribution in [0.2, 0.25) is 5.02 Å². The van der Waals surface area contributed by atoms with Crippen molar-refractivity contribution in [3.63, 3.8) is 0 Å². The van der Waals surface area contributed by atoms with E-state index in [4.69, 9.17) is 21.9 Å². The highest BCUT2D eigenvalue weighted by atomic mass is 79.9. The van der Waals surface area contributed by atoms with Crippen molar-refractivity contribution in [2.45, 2.75) is 6.92 Å². The van der Waals surface area contributed by atoms with Gasteiger partial charge in [-0.3, -0.25) is 0 Å². The van der Waals surface area contributed by atoms with Gasteiger partial charge in [-0.25, -0.2) is 0 Å². The topological polar surface area (TPSA) is 52.0 Å². The van der Waals surface area contributed by atoms with E-state index in [9.17, 15) is 0 Å². The predicted octanol–water partition coefficient (Wildman–Crippen LogP) is 5.32. The zero-order valence-corrected chi connectivity index (χ0v) is 13.6. The third-order valence-corrected chi connectivity index (χ3v) is 4.45. The second kappa shape index (κ2) is 5.54. The van der Waals surface area contributed by atoms with Crippen molar-refractivity contribution in [2.24, 2.45) is 0 Å². The summed E-state index contributed by atoms with van der Waals surface area (Å²) in [6, 6.07) is 13.4. The molecule has 0 atom stereocenters. The summed E-state index contributed by atoms with van der Waals surface area (Å²) in [5.74, 6) is 0.284. The molecule has 0 spiro atoms. The number of benzene rings is 2. The van der Waals surface area contributed by atoms with E-state index in [-0.39, 0.29) is 5.88 Å². The molecule has 0 saturated carbocycles. The minimum atomic E-state index is 0.284. The number of hydrogen-bond donors (Lipinski definition) is 1. The summed E-state index contributed by atoms with van der Waals surface area (Å²) in [6.07, 6.45) is 0. The number of halogens is 2. The predicted molar refractivity (Wildman–Crippen MR) is 89.2 cm³/mol. The van der Waals surface area contributed by atoms with Crippen molar-refractivity contribution in [3.8, 4) is 22.4 Å². The highest BCUT2D eigenvalue weighted by Crippen LogP contribution is 2.39. The van der Waals surface area contributed by atoms with E-state index in [1.54, 1.807) is 0 Å². The van der Waals surface area contributed by atoms with Crippen molar-refractivity contribution in [3.05, 3.63) is 57.5 Å². The van der Waals surface area contributed by atoms with Crippen molar-refractivity contribution in [1.82, 2.24) is 5.16 Å². The molecule has 3 nitrogen and oxygen atoms in total. The van der Waals surface area contributed by atoms with Gasteiger partial charge in [0, 0.05) is 15.1 Å². The van der Waals surface area contributed by atoms with E-state index in [0.717, 1.165) is 26.7 Å². The third-order valence-electron chi connectivity index (χ3n) is 3.35. The SMILES string of the molecule is Cc1c(Br)cccc1-c1noc(N)c1-c1cccc(Cl)c1. The lowest BCUT2D eigenvalue weighted by atomic mass is 9.98. The van der Waals surface area contributed by atoms with Crippen molar-refractivity contribution in [2.75, 3.05) is 5.73 Å². The number of anilines is 1. The molecule has 0 unspecified atom stereocenters. The molecular weight excluding hydrogens is 352 g/mol. The van der Waals surface area contributed by atoms with Gasteiger partial charge < -0.3 is 10.3 Å². The summed E-state index contributed by atoms with van der Waals surface area (Å²) in [5, 5.41) is 4.77. The molecule has 2 N–H and O–H groups in total. The summed E-state index contributed by atoms with van der Waals surface area (Å²) in [6.45, 7) is 2.02. The maximum absolute atomic E-state index is 6.07. The van der Waals surface area contributed by atoms with E-state index in [2.05, 4.69) is 21.1 Å². The van der Waals surface area contributed by atoms with Crippen LogP contribution in [0.5, 0.6) is 0 Å². The van der Waals surface area contributed by atoms with Crippen LogP contribution in [0.1, 0.15) is 5.56 Å². The Morgan fingerprint density at radius 2 is 1.95 bits per heavy atom. The standard InChI is InChI=1S/C16H12BrClN2O/c1-9-12(6-3-7-13(9)17)15-14(16(19)21-20-15)10-4-2-5-11(18)8-10/h2-8H,19H2,1H3. The van der Waals surface area contributed by atoms with Crippen LogP contribution >= 0.6 is 27.5 Å². The van der Waals surface area contributed by atoms with Crippen molar-refractivity contribution in [1.29, 1.82) is 0 Å². The van der Waals surface area contributed by atoms with Crippen LogP contribution in [0.25, 0.3) is 22.4 Å². The van der Waals surface area contributed by atoms with Gasteiger partial charge in [-0.1, -0.05) is 57.0 Å². The Kier molecular flexibility index (Phi) is 3.74. The molecule has 0 amide bonds. The van der Waals surface area contributed by atoms with Gasteiger partial charge in [0.05, 0.1) is 5.56 Å². The average molecular weight is 364 g/mol. The zero-order valence-electron chi connectivity index (χ0n) is 11.2. The third kappa shape index (κ3) is 2.57. The second-order valence-electron chi connectivity index (χ2n) is 4.69. The van der Waals surface area contributed by atoms with Crippen LogP contribution in [0, 0.1) is 6.92 Å². The molecule has 0 saturated heterocycles. The number of nitrogen functional groups attached to an aromatic ring is 1. The fourth-order valence-corrected chi connectivity index (χ4v) is 2.83. The summed E-state index contributed by atoms with van der Waals surface area (Å²) in [4.78, 5) is 0. The maximum Gasteiger partial charge on any atom is 0.230 e. The maximum atomic E-state index is 6.07. The van der Waals surface area contributed by atoms with Gasteiger partial charge in [-0.15, -0.1) is 0 Å². The molecule has 0 aliphatic heterocycles. The highest BCUT2D eigenvalue weighted by Gasteiger charge is 2.19. The highest BCUT2D eigenvalue weighted by molar-refractivity contribution is 9.10. The first-order chi connectivity index (χ1) is 10.1. The van der Waals surface area contributed by atoms with Gasteiger partial charge in [-0.2, -0.15) is 0 Å². The van der Waals surface area contributed by atoms with Gasteiger partial charge in [0.15, 0.2) is 0 Å². The minimum absolute atomic E-state index is 0.284. The Hall–Kier alpha value is -1.78. The summed E-state index contributed by atoms with van der Waals surface area (Å²) < 4.78 is 6.22. The van der Waals surface area contributed by atoms with Crippen molar-refractivity contribution >= 4 is 33.4 Å². The molecule has 21 heavy (non-hydrogen) atoms. The largest absolute Gasteiger partial charge is 0.367 e.